The Balaban J connectivity index is 2.02. The molecule has 1 aliphatic rings. The van der Waals surface area contributed by atoms with Crippen LogP contribution in [0.5, 0.6) is 11.5 Å². The second-order valence-corrected chi connectivity index (χ2v) is 6.45. The van der Waals surface area contributed by atoms with Gasteiger partial charge in [0.15, 0.2) is 0 Å². The molecule has 0 aromatic heterocycles. The van der Waals surface area contributed by atoms with E-state index in [0.29, 0.717) is 11.4 Å². The summed E-state index contributed by atoms with van der Waals surface area (Å²) in [5.74, 6) is 1.47. The molecule has 1 aliphatic heterocycles. The van der Waals surface area contributed by atoms with Crippen LogP contribution >= 0.6 is 0 Å². The van der Waals surface area contributed by atoms with Crippen molar-refractivity contribution in [3.05, 3.63) is 77.4 Å². The fourth-order valence-electron chi connectivity index (χ4n) is 3.88. The first-order chi connectivity index (χ1) is 12.7. The molecule has 0 spiro atoms. The van der Waals surface area contributed by atoms with E-state index in [1.165, 1.54) is 22.5 Å². The fourth-order valence-corrected chi connectivity index (χ4v) is 3.88. The van der Waals surface area contributed by atoms with Crippen LogP contribution in [-0.2, 0) is 0 Å². The molecule has 4 nitrogen and oxygen atoms in total. The van der Waals surface area contributed by atoms with Gasteiger partial charge in [0.2, 0.25) is 0 Å². The summed E-state index contributed by atoms with van der Waals surface area (Å²) in [6.45, 7) is 0. The topological polar surface area (TPSA) is 47.7 Å². The van der Waals surface area contributed by atoms with E-state index in [1.807, 2.05) is 12.1 Å². The van der Waals surface area contributed by atoms with Crippen molar-refractivity contribution in [3.8, 4) is 11.5 Å². The third kappa shape index (κ3) is 2.37. The number of fused-ring (bicyclic) bond motifs is 2. The minimum absolute atomic E-state index is 0.0445. The molecule has 0 bridgehead atoms. The largest absolute Gasteiger partial charge is 0.496 e. The minimum Gasteiger partial charge on any atom is -0.496 e. The summed E-state index contributed by atoms with van der Waals surface area (Å²) in [5.41, 5.74) is 12.6. The molecule has 3 aromatic rings. The molecular formula is C22H22N2O2. The van der Waals surface area contributed by atoms with Crippen LogP contribution in [0.1, 0.15) is 22.6 Å². The maximum atomic E-state index is 6.10. The highest BCUT2D eigenvalue weighted by Crippen LogP contribution is 2.50. The van der Waals surface area contributed by atoms with E-state index in [2.05, 4.69) is 60.5 Å². The number of nitrogens with zero attached hydrogens (tertiary/aromatic N) is 1. The van der Waals surface area contributed by atoms with Gasteiger partial charge in [-0.25, -0.2) is 0 Å². The molecule has 132 valence electrons. The quantitative estimate of drug-likeness (QED) is 0.707. The van der Waals surface area contributed by atoms with Gasteiger partial charge in [0.05, 0.1) is 19.9 Å². The first-order valence-corrected chi connectivity index (χ1v) is 8.58. The lowest BCUT2D eigenvalue weighted by molar-refractivity contribution is 0.400. The SMILES string of the molecule is COc1cc(C2c3ccccc3N(C)c3ccccc32)c(OC)cc1N. The molecule has 1 heterocycles. The van der Waals surface area contributed by atoms with Crippen LogP contribution < -0.4 is 20.1 Å². The molecule has 0 unspecified atom stereocenters. The summed E-state index contributed by atoms with van der Waals surface area (Å²) in [5, 5.41) is 0. The zero-order valence-corrected chi connectivity index (χ0v) is 15.2. The van der Waals surface area contributed by atoms with Gasteiger partial charge in [0.1, 0.15) is 11.5 Å². The van der Waals surface area contributed by atoms with E-state index < -0.39 is 0 Å². The molecule has 0 atom stereocenters. The number of nitrogen functional groups attached to an aromatic ring is 1. The minimum atomic E-state index is 0.0445. The van der Waals surface area contributed by atoms with Crippen LogP contribution in [-0.4, -0.2) is 21.3 Å². The Morgan fingerprint density at radius 1 is 0.769 bits per heavy atom. The molecule has 0 fully saturated rings. The maximum absolute atomic E-state index is 6.10. The van der Waals surface area contributed by atoms with Gasteiger partial charge in [0, 0.05) is 36.0 Å². The van der Waals surface area contributed by atoms with Gasteiger partial charge >= 0.3 is 0 Å². The lowest BCUT2D eigenvalue weighted by Gasteiger charge is -2.36. The summed E-state index contributed by atoms with van der Waals surface area (Å²) in [6, 6.07) is 20.8. The smallest absolute Gasteiger partial charge is 0.142 e. The van der Waals surface area contributed by atoms with Crippen molar-refractivity contribution >= 4 is 17.1 Å². The molecule has 4 rings (SSSR count). The van der Waals surface area contributed by atoms with Crippen molar-refractivity contribution in [1.29, 1.82) is 0 Å². The lowest BCUT2D eigenvalue weighted by Crippen LogP contribution is -2.22. The van der Waals surface area contributed by atoms with Gasteiger partial charge in [-0.05, 0) is 29.3 Å². The Morgan fingerprint density at radius 2 is 1.31 bits per heavy atom. The Hall–Kier alpha value is -3.14. The highest BCUT2D eigenvalue weighted by atomic mass is 16.5. The molecule has 3 aromatic carbocycles. The lowest BCUT2D eigenvalue weighted by atomic mass is 9.80. The monoisotopic (exact) mass is 346 g/mol. The number of ether oxygens (including phenoxy) is 2. The average molecular weight is 346 g/mol. The van der Waals surface area contributed by atoms with Crippen LogP contribution in [0.4, 0.5) is 17.1 Å². The molecule has 4 heteroatoms. The molecule has 0 aliphatic carbocycles. The van der Waals surface area contributed by atoms with Crippen LogP contribution in [0.15, 0.2) is 60.7 Å². The van der Waals surface area contributed by atoms with Crippen LogP contribution in [0, 0.1) is 0 Å². The first-order valence-electron chi connectivity index (χ1n) is 8.58. The number of hydrogen-bond donors (Lipinski definition) is 1. The summed E-state index contributed by atoms with van der Waals surface area (Å²) in [7, 11) is 5.42. The summed E-state index contributed by atoms with van der Waals surface area (Å²) >= 11 is 0. The van der Waals surface area contributed by atoms with E-state index in [-0.39, 0.29) is 5.92 Å². The Kier molecular flexibility index (Phi) is 3.96. The van der Waals surface area contributed by atoms with Crippen molar-refractivity contribution in [2.24, 2.45) is 0 Å². The number of benzene rings is 3. The van der Waals surface area contributed by atoms with E-state index in [9.17, 15) is 0 Å². The predicted molar refractivity (Wildman–Crippen MR) is 106 cm³/mol. The molecule has 0 saturated heterocycles. The third-order valence-corrected chi connectivity index (χ3v) is 5.11. The Morgan fingerprint density at radius 3 is 1.85 bits per heavy atom. The van der Waals surface area contributed by atoms with Gasteiger partial charge in [-0.3, -0.25) is 0 Å². The molecule has 0 radical (unpaired) electrons. The predicted octanol–water partition coefficient (Wildman–Crippen LogP) is 4.55. The van der Waals surface area contributed by atoms with E-state index in [0.717, 1.165) is 11.3 Å². The normalized spacial score (nSPS) is 13.1. The average Bonchev–Trinajstić information content (AvgIpc) is 2.69. The Labute approximate surface area is 153 Å². The molecule has 2 N–H and O–H groups in total. The molecule has 0 saturated carbocycles. The van der Waals surface area contributed by atoms with Gasteiger partial charge in [-0.15, -0.1) is 0 Å². The van der Waals surface area contributed by atoms with E-state index in [4.69, 9.17) is 15.2 Å². The third-order valence-electron chi connectivity index (χ3n) is 5.11. The first kappa shape index (κ1) is 16.3. The van der Waals surface area contributed by atoms with Crippen molar-refractivity contribution < 1.29 is 9.47 Å². The summed E-state index contributed by atoms with van der Waals surface area (Å²) in [4.78, 5) is 2.24. The zero-order chi connectivity index (χ0) is 18.3. The number of nitrogens with two attached hydrogens (primary N) is 1. The van der Waals surface area contributed by atoms with Crippen molar-refractivity contribution in [2.45, 2.75) is 5.92 Å². The van der Waals surface area contributed by atoms with Gasteiger partial charge in [-0.1, -0.05) is 36.4 Å². The standard InChI is InChI=1S/C22H22N2O2/c1-24-18-10-6-4-8-14(18)22(15-9-5-7-11-19(15)24)16-12-21(26-3)17(23)13-20(16)25-2/h4-13,22H,23H2,1-3H3. The van der Waals surface area contributed by atoms with Crippen LogP contribution in [0.2, 0.25) is 0 Å². The van der Waals surface area contributed by atoms with E-state index >= 15 is 0 Å². The van der Waals surface area contributed by atoms with E-state index in [1.54, 1.807) is 14.2 Å². The summed E-state index contributed by atoms with van der Waals surface area (Å²) < 4.78 is 11.2. The maximum Gasteiger partial charge on any atom is 0.142 e. The number of para-hydroxylation sites is 2. The fraction of sp³-hybridized carbons (Fsp3) is 0.182. The highest BCUT2D eigenvalue weighted by Gasteiger charge is 2.31. The number of methoxy groups -OCH3 is 2. The number of rotatable bonds is 3. The number of hydrogen-bond acceptors (Lipinski definition) is 4. The van der Waals surface area contributed by atoms with Gasteiger partial charge < -0.3 is 20.1 Å². The second kappa shape index (κ2) is 6.30. The zero-order valence-electron chi connectivity index (χ0n) is 15.2. The molecular weight excluding hydrogens is 324 g/mol. The molecule has 26 heavy (non-hydrogen) atoms. The van der Waals surface area contributed by atoms with Crippen molar-refractivity contribution in [1.82, 2.24) is 0 Å². The highest BCUT2D eigenvalue weighted by molar-refractivity contribution is 5.78. The van der Waals surface area contributed by atoms with Crippen molar-refractivity contribution in [2.75, 3.05) is 31.9 Å². The van der Waals surface area contributed by atoms with Gasteiger partial charge in [-0.2, -0.15) is 0 Å². The van der Waals surface area contributed by atoms with Crippen molar-refractivity contribution in [3.63, 3.8) is 0 Å². The number of anilines is 3. The molecule has 0 amide bonds. The Bertz CT molecular complexity index is 921. The van der Waals surface area contributed by atoms with Crippen LogP contribution in [0.25, 0.3) is 0 Å². The van der Waals surface area contributed by atoms with Gasteiger partial charge in [0.25, 0.3) is 0 Å². The van der Waals surface area contributed by atoms with Crippen LogP contribution in [0.3, 0.4) is 0 Å². The second-order valence-electron chi connectivity index (χ2n) is 6.45. The summed E-state index contributed by atoms with van der Waals surface area (Å²) in [6.07, 6.45) is 0.